The summed E-state index contributed by atoms with van der Waals surface area (Å²) in [5.74, 6) is 0.419. The standard InChI is InChI=1S/C20H26O5S.K/c1-2-3-4-5-6-7-9-16-12-19(15-20(13-16)26(22,23)24)25-18-11-8-10-17(21)14-18;/h8,10-15,21H,2-7,9H2,1H3,(H,22,23,24);/q;+1/p-1. The number of benzene rings is 2. The number of ether oxygens (including phenoxy) is 1. The maximum absolute atomic E-state index is 11.5. The summed E-state index contributed by atoms with van der Waals surface area (Å²) >= 11 is 0. The van der Waals surface area contributed by atoms with Crippen LogP contribution < -0.4 is 61.2 Å². The third-order valence-corrected chi connectivity index (χ3v) is 4.93. The van der Waals surface area contributed by atoms with Crippen LogP contribution in [0.15, 0.2) is 47.4 Å². The van der Waals surface area contributed by atoms with Gasteiger partial charge in [0.05, 0.1) is 4.90 Å². The van der Waals surface area contributed by atoms with Gasteiger partial charge in [-0.2, -0.15) is 8.42 Å². The van der Waals surface area contributed by atoms with E-state index in [-0.39, 0.29) is 67.8 Å². The zero-order chi connectivity index (χ0) is 19.0. The van der Waals surface area contributed by atoms with Crippen molar-refractivity contribution in [1.29, 1.82) is 0 Å². The summed E-state index contributed by atoms with van der Waals surface area (Å²) in [6.45, 7) is 2.17. The first-order chi connectivity index (χ1) is 12.4. The number of aryl methyl sites for hydroxylation is 1. The monoisotopic (exact) mass is 416 g/mol. The normalized spacial score (nSPS) is 11.0. The van der Waals surface area contributed by atoms with E-state index < -0.39 is 10.1 Å². The average Bonchev–Trinajstić information content (AvgIpc) is 2.57. The van der Waals surface area contributed by atoms with Crippen LogP contribution in [-0.4, -0.2) is 13.0 Å². The van der Waals surface area contributed by atoms with E-state index in [1.807, 2.05) is 0 Å². The van der Waals surface area contributed by atoms with Crippen LogP contribution in [0.2, 0.25) is 0 Å². The van der Waals surface area contributed by atoms with Crippen molar-refractivity contribution in [2.75, 3.05) is 0 Å². The second-order valence-electron chi connectivity index (χ2n) is 6.38. The third kappa shape index (κ3) is 9.08. The first kappa shape index (κ1) is 24.6. The van der Waals surface area contributed by atoms with Crippen molar-refractivity contribution in [2.24, 2.45) is 0 Å². The molecule has 0 unspecified atom stereocenters. The van der Waals surface area contributed by atoms with Crippen molar-refractivity contribution in [3.8, 4) is 17.2 Å². The summed E-state index contributed by atoms with van der Waals surface area (Å²) in [6.07, 6.45) is 7.51. The maximum atomic E-state index is 11.5. The van der Waals surface area contributed by atoms with Crippen LogP contribution in [-0.2, 0) is 16.5 Å². The quantitative estimate of drug-likeness (QED) is 0.362. The van der Waals surface area contributed by atoms with Crippen molar-refractivity contribution >= 4 is 10.1 Å². The minimum Gasteiger partial charge on any atom is -0.872 e. The molecule has 2 aromatic carbocycles. The predicted octanol–water partition coefficient (Wildman–Crippen LogP) is 1.71. The summed E-state index contributed by atoms with van der Waals surface area (Å²) < 4.78 is 38.1. The molecule has 27 heavy (non-hydrogen) atoms. The van der Waals surface area contributed by atoms with E-state index in [2.05, 4.69) is 6.92 Å². The largest absolute Gasteiger partial charge is 1.00 e. The molecular formula is C20H25KO5S. The Morgan fingerprint density at radius 3 is 2.33 bits per heavy atom. The molecule has 0 aromatic heterocycles. The van der Waals surface area contributed by atoms with Gasteiger partial charge in [0, 0.05) is 6.07 Å². The zero-order valence-corrected chi connectivity index (χ0v) is 19.9. The van der Waals surface area contributed by atoms with Gasteiger partial charge in [-0.25, -0.2) is 0 Å². The molecule has 0 aliphatic rings. The molecule has 0 aliphatic heterocycles. The third-order valence-electron chi connectivity index (χ3n) is 4.10. The summed E-state index contributed by atoms with van der Waals surface area (Å²) in [5.41, 5.74) is 0.781. The molecule has 0 fully saturated rings. The Kier molecular flexibility index (Phi) is 11.1. The van der Waals surface area contributed by atoms with Crippen molar-refractivity contribution in [3.05, 3.63) is 48.0 Å². The van der Waals surface area contributed by atoms with Crippen LogP contribution in [0.1, 0.15) is 51.0 Å². The van der Waals surface area contributed by atoms with Crippen molar-refractivity contribution < 1.29 is 74.2 Å². The molecular weight excluding hydrogens is 391 g/mol. The molecule has 7 heteroatoms. The Morgan fingerprint density at radius 1 is 0.963 bits per heavy atom. The molecule has 0 aliphatic carbocycles. The molecule has 0 spiro atoms. The van der Waals surface area contributed by atoms with Gasteiger partial charge in [-0.3, -0.25) is 4.55 Å². The van der Waals surface area contributed by atoms with E-state index >= 15 is 0 Å². The fourth-order valence-corrected chi connectivity index (χ4v) is 3.33. The topological polar surface area (TPSA) is 86.7 Å². The van der Waals surface area contributed by atoms with Gasteiger partial charge in [0.25, 0.3) is 10.1 Å². The fourth-order valence-electron chi connectivity index (χ4n) is 2.77. The summed E-state index contributed by atoms with van der Waals surface area (Å²) in [5, 5.41) is 11.4. The molecule has 1 N–H and O–H groups in total. The van der Waals surface area contributed by atoms with E-state index in [1.165, 1.54) is 43.5 Å². The molecule has 0 amide bonds. The van der Waals surface area contributed by atoms with Crippen molar-refractivity contribution in [2.45, 2.75) is 56.8 Å². The van der Waals surface area contributed by atoms with E-state index in [1.54, 1.807) is 18.2 Å². The first-order valence-corrected chi connectivity index (χ1v) is 10.4. The van der Waals surface area contributed by atoms with Crippen molar-refractivity contribution in [1.82, 2.24) is 0 Å². The van der Waals surface area contributed by atoms with E-state index in [0.717, 1.165) is 24.8 Å². The molecule has 0 saturated carbocycles. The van der Waals surface area contributed by atoms with Crippen LogP contribution in [0.3, 0.4) is 0 Å². The molecule has 142 valence electrons. The first-order valence-electron chi connectivity index (χ1n) is 8.95. The molecule has 0 radical (unpaired) electrons. The minimum absolute atomic E-state index is 0. The molecule has 0 heterocycles. The Bertz CT molecular complexity index is 821. The van der Waals surface area contributed by atoms with E-state index in [0.29, 0.717) is 12.2 Å². The molecule has 5 nitrogen and oxygen atoms in total. The van der Waals surface area contributed by atoms with Gasteiger partial charge in [0.15, 0.2) is 0 Å². The van der Waals surface area contributed by atoms with Gasteiger partial charge < -0.3 is 9.84 Å². The van der Waals surface area contributed by atoms with Gasteiger partial charge in [0.1, 0.15) is 11.5 Å². The smallest absolute Gasteiger partial charge is 0.872 e. The summed E-state index contributed by atoms with van der Waals surface area (Å²) in [6, 6.07) is 10.4. The zero-order valence-electron chi connectivity index (χ0n) is 16.0. The number of hydrogen-bond donors (Lipinski definition) is 1. The van der Waals surface area contributed by atoms with Gasteiger partial charge in [-0.15, -0.1) is 5.75 Å². The molecule has 2 rings (SSSR count). The Morgan fingerprint density at radius 2 is 1.67 bits per heavy atom. The van der Waals surface area contributed by atoms with Gasteiger partial charge in [-0.05, 0) is 42.7 Å². The average molecular weight is 417 g/mol. The van der Waals surface area contributed by atoms with Crippen LogP contribution in [0, 0.1) is 0 Å². The van der Waals surface area contributed by atoms with E-state index in [4.69, 9.17) is 4.74 Å². The second kappa shape index (κ2) is 12.2. The fraction of sp³-hybridized carbons (Fsp3) is 0.400. The van der Waals surface area contributed by atoms with Crippen LogP contribution in [0.25, 0.3) is 0 Å². The van der Waals surface area contributed by atoms with Gasteiger partial charge in [-0.1, -0.05) is 51.2 Å². The summed E-state index contributed by atoms with van der Waals surface area (Å²) in [7, 11) is -4.33. The molecule has 0 bridgehead atoms. The molecule has 2 aromatic rings. The Hall–Kier alpha value is -0.414. The number of unbranched alkanes of at least 4 members (excludes halogenated alkanes) is 5. The summed E-state index contributed by atoms with van der Waals surface area (Å²) in [4.78, 5) is -0.200. The van der Waals surface area contributed by atoms with Crippen LogP contribution in [0.5, 0.6) is 17.2 Å². The van der Waals surface area contributed by atoms with Crippen LogP contribution >= 0.6 is 0 Å². The predicted molar refractivity (Wildman–Crippen MR) is 99.3 cm³/mol. The Labute approximate surface area is 204 Å². The van der Waals surface area contributed by atoms with Gasteiger partial charge >= 0.3 is 51.4 Å². The van der Waals surface area contributed by atoms with Gasteiger partial charge in [0.2, 0.25) is 0 Å². The minimum atomic E-state index is -4.33. The molecule has 0 atom stereocenters. The molecule has 0 saturated heterocycles. The Balaban J connectivity index is 0.00000364. The van der Waals surface area contributed by atoms with Crippen LogP contribution in [0.4, 0.5) is 0 Å². The SMILES string of the molecule is CCCCCCCCc1cc(Oc2cccc([O-])c2)cc(S(=O)(=O)O)c1.[K+]. The van der Waals surface area contributed by atoms with Crippen molar-refractivity contribution in [3.63, 3.8) is 0 Å². The maximum Gasteiger partial charge on any atom is 1.00 e. The number of hydrogen-bond acceptors (Lipinski definition) is 4. The number of rotatable bonds is 10. The second-order valence-corrected chi connectivity index (χ2v) is 7.80. The van der Waals surface area contributed by atoms with E-state index in [9.17, 15) is 18.1 Å².